The van der Waals surface area contributed by atoms with Crippen LogP contribution in [0.1, 0.15) is 36.5 Å². The number of aromatic nitrogens is 1. The van der Waals surface area contributed by atoms with E-state index in [0.717, 1.165) is 25.9 Å². The van der Waals surface area contributed by atoms with Crippen molar-refractivity contribution >= 4 is 22.4 Å². The SMILES string of the molecule is O=C(Nc1ncc(C2CCNCC2)s1)C1CC(F)(F)C1. The molecule has 2 N–H and O–H groups in total. The number of nitrogens with one attached hydrogen (secondary N) is 2. The van der Waals surface area contributed by atoms with Crippen molar-refractivity contribution in [2.45, 2.75) is 37.5 Å². The molecule has 7 heteroatoms. The molecular weight excluding hydrogens is 284 g/mol. The Hall–Kier alpha value is -1.08. The number of alkyl halides is 2. The Morgan fingerprint density at radius 2 is 2.10 bits per heavy atom. The second-order valence-corrected chi connectivity index (χ2v) is 6.60. The molecule has 0 bridgehead atoms. The topological polar surface area (TPSA) is 54.0 Å². The number of hydrogen-bond donors (Lipinski definition) is 2. The zero-order valence-corrected chi connectivity index (χ0v) is 11.8. The normalized spacial score (nSPS) is 23.3. The van der Waals surface area contributed by atoms with Gasteiger partial charge in [-0.05, 0) is 31.8 Å². The summed E-state index contributed by atoms with van der Waals surface area (Å²) in [5, 5.41) is 6.49. The number of thiazole rings is 1. The summed E-state index contributed by atoms with van der Waals surface area (Å²) < 4.78 is 25.5. The lowest BCUT2D eigenvalue weighted by Gasteiger charge is -2.33. The maximum Gasteiger partial charge on any atom is 0.249 e. The highest BCUT2D eigenvalue weighted by molar-refractivity contribution is 7.15. The molecule has 1 aromatic rings. The van der Waals surface area contributed by atoms with Crippen molar-refractivity contribution in [2.24, 2.45) is 5.92 Å². The summed E-state index contributed by atoms with van der Waals surface area (Å²) in [6, 6.07) is 0. The molecule has 110 valence electrons. The summed E-state index contributed by atoms with van der Waals surface area (Å²) in [7, 11) is 0. The van der Waals surface area contributed by atoms with Gasteiger partial charge in [0.15, 0.2) is 5.13 Å². The van der Waals surface area contributed by atoms with Crippen molar-refractivity contribution in [3.63, 3.8) is 0 Å². The molecule has 0 aromatic carbocycles. The Balaban J connectivity index is 1.56. The van der Waals surface area contributed by atoms with Crippen LogP contribution in [0.4, 0.5) is 13.9 Å². The first-order valence-corrected chi connectivity index (χ1v) is 7.70. The van der Waals surface area contributed by atoms with Crippen LogP contribution < -0.4 is 10.6 Å². The van der Waals surface area contributed by atoms with Crippen molar-refractivity contribution < 1.29 is 13.6 Å². The summed E-state index contributed by atoms with van der Waals surface area (Å²) in [6.45, 7) is 2.00. The van der Waals surface area contributed by atoms with Gasteiger partial charge in [0, 0.05) is 29.8 Å². The third-order valence-electron chi connectivity index (χ3n) is 3.96. The van der Waals surface area contributed by atoms with Gasteiger partial charge in [-0.2, -0.15) is 0 Å². The van der Waals surface area contributed by atoms with Gasteiger partial charge in [0.2, 0.25) is 11.8 Å². The van der Waals surface area contributed by atoms with Crippen LogP contribution in [-0.2, 0) is 4.79 Å². The Labute approximate surface area is 120 Å². The highest BCUT2D eigenvalue weighted by atomic mass is 32.1. The number of amides is 1. The number of anilines is 1. The predicted octanol–water partition coefficient (Wildman–Crippen LogP) is 2.59. The smallest absolute Gasteiger partial charge is 0.249 e. The number of piperidine rings is 1. The number of carbonyl (C=O) groups is 1. The van der Waals surface area contributed by atoms with Crippen molar-refractivity contribution in [1.29, 1.82) is 0 Å². The van der Waals surface area contributed by atoms with E-state index in [-0.39, 0.29) is 18.7 Å². The largest absolute Gasteiger partial charge is 0.317 e. The van der Waals surface area contributed by atoms with Gasteiger partial charge in [0.25, 0.3) is 0 Å². The number of rotatable bonds is 3. The first-order chi connectivity index (χ1) is 9.53. The zero-order chi connectivity index (χ0) is 14.2. The molecule has 1 saturated heterocycles. The van der Waals surface area contributed by atoms with Crippen molar-refractivity contribution in [3.05, 3.63) is 11.1 Å². The second-order valence-electron chi connectivity index (χ2n) is 5.54. The van der Waals surface area contributed by atoms with E-state index >= 15 is 0 Å². The van der Waals surface area contributed by atoms with Gasteiger partial charge in [-0.1, -0.05) is 0 Å². The molecule has 4 nitrogen and oxygen atoms in total. The predicted molar refractivity (Wildman–Crippen MR) is 73.3 cm³/mol. The maximum atomic E-state index is 12.7. The molecule has 2 aliphatic rings. The second kappa shape index (κ2) is 5.37. The van der Waals surface area contributed by atoms with Gasteiger partial charge in [0.1, 0.15) is 0 Å². The van der Waals surface area contributed by atoms with Gasteiger partial charge in [-0.3, -0.25) is 4.79 Å². The first kappa shape index (κ1) is 13.9. The van der Waals surface area contributed by atoms with E-state index in [2.05, 4.69) is 15.6 Å². The van der Waals surface area contributed by atoms with Crippen LogP contribution >= 0.6 is 11.3 Å². The first-order valence-electron chi connectivity index (χ1n) is 6.89. The van der Waals surface area contributed by atoms with Crippen molar-refractivity contribution in [3.8, 4) is 0 Å². The average molecular weight is 301 g/mol. The van der Waals surface area contributed by atoms with E-state index in [4.69, 9.17) is 0 Å². The minimum absolute atomic E-state index is 0.331. The molecule has 0 radical (unpaired) electrons. The quantitative estimate of drug-likeness (QED) is 0.902. The fourth-order valence-electron chi connectivity index (χ4n) is 2.69. The molecular formula is C13H17F2N3OS. The van der Waals surface area contributed by atoms with Crippen LogP contribution in [0.3, 0.4) is 0 Å². The molecule has 1 aliphatic carbocycles. The minimum Gasteiger partial charge on any atom is -0.317 e. The molecule has 2 heterocycles. The number of nitrogens with zero attached hydrogens (tertiary/aromatic N) is 1. The van der Waals surface area contributed by atoms with Crippen LogP contribution in [-0.4, -0.2) is 29.9 Å². The minimum atomic E-state index is -2.66. The number of halogens is 2. The molecule has 3 rings (SSSR count). The molecule has 2 fully saturated rings. The summed E-state index contributed by atoms with van der Waals surface area (Å²) >= 11 is 1.46. The van der Waals surface area contributed by atoms with Gasteiger partial charge in [-0.15, -0.1) is 11.3 Å². The van der Waals surface area contributed by atoms with Gasteiger partial charge in [-0.25, -0.2) is 13.8 Å². The van der Waals surface area contributed by atoms with Crippen LogP contribution in [0.2, 0.25) is 0 Å². The van der Waals surface area contributed by atoms with E-state index in [1.807, 2.05) is 0 Å². The van der Waals surface area contributed by atoms with E-state index in [9.17, 15) is 13.6 Å². The Morgan fingerprint density at radius 1 is 1.40 bits per heavy atom. The van der Waals surface area contributed by atoms with Gasteiger partial charge >= 0.3 is 0 Å². The summed E-state index contributed by atoms with van der Waals surface area (Å²) in [5.74, 6) is -3.07. The third kappa shape index (κ3) is 2.98. The van der Waals surface area contributed by atoms with Crippen molar-refractivity contribution in [1.82, 2.24) is 10.3 Å². The van der Waals surface area contributed by atoms with Gasteiger partial charge in [0.05, 0.1) is 0 Å². The molecule has 20 heavy (non-hydrogen) atoms. The molecule has 0 unspecified atom stereocenters. The van der Waals surface area contributed by atoms with Crippen LogP contribution in [0, 0.1) is 5.92 Å². The van der Waals surface area contributed by atoms with Gasteiger partial charge < -0.3 is 10.6 Å². The lowest BCUT2D eigenvalue weighted by molar-refractivity contribution is -0.145. The van der Waals surface area contributed by atoms with Crippen molar-refractivity contribution in [2.75, 3.05) is 18.4 Å². The highest BCUT2D eigenvalue weighted by Gasteiger charge is 2.48. The summed E-state index contributed by atoms with van der Waals surface area (Å²) in [5.41, 5.74) is 0. The van der Waals surface area contributed by atoms with E-state index in [1.54, 1.807) is 6.20 Å². The summed E-state index contributed by atoms with van der Waals surface area (Å²) in [4.78, 5) is 17.1. The number of hydrogen-bond acceptors (Lipinski definition) is 4. The Kier molecular flexibility index (Phi) is 3.72. The van der Waals surface area contributed by atoms with E-state index in [0.29, 0.717) is 11.0 Å². The standard InChI is InChI=1S/C13H17F2N3OS/c14-13(15)5-9(6-13)11(19)18-12-17-7-10(20-12)8-1-3-16-4-2-8/h7-9,16H,1-6H2,(H,17,18,19). The molecule has 0 spiro atoms. The number of carbonyl (C=O) groups excluding carboxylic acids is 1. The molecule has 1 amide bonds. The molecule has 1 aliphatic heterocycles. The average Bonchev–Trinajstić information content (AvgIpc) is 2.85. The Morgan fingerprint density at radius 3 is 2.75 bits per heavy atom. The monoisotopic (exact) mass is 301 g/mol. The van der Waals surface area contributed by atoms with Crippen LogP contribution in [0.5, 0.6) is 0 Å². The fraction of sp³-hybridized carbons (Fsp3) is 0.692. The highest BCUT2D eigenvalue weighted by Crippen LogP contribution is 2.43. The lowest BCUT2D eigenvalue weighted by atomic mass is 9.81. The maximum absolute atomic E-state index is 12.7. The fourth-order valence-corrected chi connectivity index (χ4v) is 3.68. The lowest BCUT2D eigenvalue weighted by Crippen LogP contribution is -2.42. The summed E-state index contributed by atoms with van der Waals surface area (Å²) in [6.07, 6.45) is 3.26. The Bertz CT molecular complexity index is 492. The van der Waals surface area contributed by atoms with Crippen LogP contribution in [0.15, 0.2) is 6.20 Å². The third-order valence-corrected chi connectivity index (χ3v) is 5.03. The van der Waals surface area contributed by atoms with Crippen LogP contribution in [0.25, 0.3) is 0 Å². The van der Waals surface area contributed by atoms with E-state index < -0.39 is 11.8 Å². The van der Waals surface area contributed by atoms with E-state index in [1.165, 1.54) is 16.2 Å². The zero-order valence-electron chi connectivity index (χ0n) is 11.0. The molecule has 1 saturated carbocycles. The molecule has 1 aromatic heterocycles. The molecule has 0 atom stereocenters.